The van der Waals surface area contributed by atoms with Gasteiger partial charge < -0.3 is 4.74 Å². The van der Waals surface area contributed by atoms with Gasteiger partial charge in [0.05, 0.1) is 5.88 Å². The maximum atomic E-state index is 13.1. The van der Waals surface area contributed by atoms with Crippen LogP contribution < -0.4 is 4.74 Å². The third-order valence-electron chi connectivity index (χ3n) is 3.11. The van der Waals surface area contributed by atoms with Crippen molar-refractivity contribution in [3.63, 3.8) is 0 Å². The first kappa shape index (κ1) is 14.9. The van der Waals surface area contributed by atoms with E-state index in [2.05, 4.69) is 20.8 Å². The SMILES string of the molecule is CC(C)(C)c1ccc(Oc2ccc(F)cc2CCl)cc1. The molecule has 0 atom stereocenters. The van der Waals surface area contributed by atoms with Crippen molar-refractivity contribution in [2.24, 2.45) is 0 Å². The minimum absolute atomic E-state index is 0.107. The summed E-state index contributed by atoms with van der Waals surface area (Å²) in [6, 6.07) is 12.3. The molecular formula is C17H18ClFO. The van der Waals surface area contributed by atoms with E-state index in [4.69, 9.17) is 16.3 Å². The summed E-state index contributed by atoms with van der Waals surface area (Å²) in [5.74, 6) is 1.21. The topological polar surface area (TPSA) is 9.23 Å². The van der Waals surface area contributed by atoms with Crippen molar-refractivity contribution >= 4 is 11.6 Å². The van der Waals surface area contributed by atoms with Gasteiger partial charge in [-0.05, 0) is 41.3 Å². The Bertz CT molecular complexity index is 585. The highest BCUT2D eigenvalue weighted by molar-refractivity contribution is 6.17. The van der Waals surface area contributed by atoms with E-state index in [1.165, 1.54) is 17.7 Å². The summed E-state index contributed by atoms with van der Waals surface area (Å²) in [4.78, 5) is 0. The van der Waals surface area contributed by atoms with E-state index in [0.717, 1.165) is 5.75 Å². The second kappa shape index (κ2) is 5.84. The summed E-state index contributed by atoms with van der Waals surface area (Å²) >= 11 is 5.81. The highest BCUT2D eigenvalue weighted by atomic mass is 35.5. The minimum Gasteiger partial charge on any atom is -0.457 e. The molecule has 0 spiro atoms. The molecule has 0 saturated carbocycles. The molecule has 0 aliphatic rings. The predicted octanol–water partition coefficient (Wildman–Crippen LogP) is 5.65. The molecule has 20 heavy (non-hydrogen) atoms. The Labute approximate surface area is 124 Å². The minimum atomic E-state index is -0.309. The van der Waals surface area contributed by atoms with Gasteiger partial charge in [0.2, 0.25) is 0 Å². The zero-order valence-corrected chi connectivity index (χ0v) is 12.7. The molecule has 0 N–H and O–H groups in total. The molecule has 0 fully saturated rings. The fraction of sp³-hybridized carbons (Fsp3) is 0.294. The van der Waals surface area contributed by atoms with Gasteiger partial charge in [-0.15, -0.1) is 11.6 Å². The Morgan fingerprint density at radius 3 is 2.25 bits per heavy atom. The normalized spacial score (nSPS) is 11.4. The van der Waals surface area contributed by atoms with Gasteiger partial charge in [0, 0.05) is 5.56 Å². The molecular weight excluding hydrogens is 275 g/mol. The summed E-state index contributed by atoms with van der Waals surface area (Å²) in [5.41, 5.74) is 1.99. The van der Waals surface area contributed by atoms with E-state index in [0.29, 0.717) is 11.3 Å². The summed E-state index contributed by atoms with van der Waals surface area (Å²) in [7, 11) is 0. The Morgan fingerprint density at radius 1 is 1.05 bits per heavy atom. The van der Waals surface area contributed by atoms with Gasteiger partial charge in [-0.25, -0.2) is 4.39 Å². The molecule has 3 heteroatoms. The Balaban J connectivity index is 2.22. The van der Waals surface area contributed by atoms with Gasteiger partial charge in [0.1, 0.15) is 17.3 Å². The number of hydrogen-bond acceptors (Lipinski definition) is 1. The first-order valence-corrected chi connectivity index (χ1v) is 7.06. The molecule has 2 rings (SSSR count). The Hall–Kier alpha value is -1.54. The first-order chi connectivity index (χ1) is 9.40. The fourth-order valence-electron chi connectivity index (χ4n) is 1.90. The second-order valence-corrected chi connectivity index (χ2v) is 6.03. The number of halogens is 2. The van der Waals surface area contributed by atoms with Crippen LogP contribution in [0.25, 0.3) is 0 Å². The molecule has 0 aliphatic heterocycles. The number of hydrogen-bond donors (Lipinski definition) is 0. The van der Waals surface area contributed by atoms with E-state index < -0.39 is 0 Å². The molecule has 0 unspecified atom stereocenters. The zero-order chi connectivity index (χ0) is 14.8. The average Bonchev–Trinajstić information content (AvgIpc) is 2.40. The van der Waals surface area contributed by atoms with E-state index in [9.17, 15) is 4.39 Å². The van der Waals surface area contributed by atoms with Crippen LogP contribution in [0.4, 0.5) is 4.39 Å². The van der Waals surface area contributed by atoms with Gasteiger partial charge in [0.15, 0.2) is 0 Å². The standard InChI is InChI=1S/C17H18ClFO/c1-17(2,3)13-4-7-15(8-5-13)20-16-9-6-14(19)10-12(16)11-18/h4-10H,11H2,1-3H3. The highest BCUT2D eigenvalue weighted by Gasteiger charge is 2.13. The Morgan fingerprint density at radius 2 is 1.70 bits per heavy atom. The van der Waals surface area contributed by atoms with Crippen LogP contribution in [0.2, 0.25) is 0 Å². The van der Waals surface area contributed by atoms with E-state index in [1.807, 2.05) is 24.3 Å². The van der Waals surface area contributed by atoms with Gasteiger partial charge in [-0.3, -0.25) is 0 Å². The maximum absolute atomic E-state index is 13.1. The number of benzene rings is 2. The quantitative estimate of drug-likeness (QED) is 0.664. The highest BCUT2D eigenvalue weighted by Crippen LogP contribution is 2.29. The molecule has 2 aromatic carbocycles. The fourth-order valence-corrected chi connectivity index (χ4v) is 2.11. The van der Waals surface area contributed by atoms with Crippen molar-refractivity contribution in [2.75, 3.05) is 0 Å². The van der Waals surface area contributed by atoms with Crippen LogP contribution in [-0.4, -0.2) is 0 Å². The predicted molar refractivity (Wildman–Crippen MR) is 81.2 cm³/mol. The molecule has 0 aromatic heterocycles. The largest absolute Gasteiger partial charge is 0.457 e. The van der Waals surface area contributed by atoms with Gasteiger partial charge >= 0.3 is 0 Å². The van der Waals surface area contributed by atoms with Gasteiger partial charge in [-0.2, -0.15) is 0 Å². The zero-order valence-electron chi connectivity index (χ0n) is 11.9. The number of alkyl halides is 1. The molecule has 2 aromatic rings. The molecule has 0 aliphatic carbocycles. The Kier molecular flexibility index (Phi) is 4.34. The van der Waals surface area contributed by atoms with Crippen LogP contribution in [0.3, 0.4) is 0 Å². The maximum Gasteiger partial charge on any atom is 0.132 e. The smallest absolute Gasteiger partial charge is 0.132 e. The van der Waals surface area contributed by atoms with Gasteiger partial charge in [-0.1, -0.05) is 32.9 Å². The summed E-state index contributed by atoms with van der Waals surface area (Å²) in [6.45, 7) is 6.48. The van der Waals surface area contributed by atoms with Crippen LogP contribution in [0.15, 0.2) is 42.5 Å². The van der Waals surface area contributed by atoms with Crippen LogP contribution >= 0.6 is 11.6 Å². The molecule has 1 nitrogen and oxygen atoms in total. The molecule has 106 valence electrons. The van der Waals surface area contributed by atoms with Gasteiger partial charge in [0.25, 0.3) is 0 Å². The molecule has 0 saturated heterocycles. The lowest BCUT2D eigenvalue weighted by atomic mass is 9.87. The summed E-state index contributed by atoms with van der Waals surface area (Å²) < 4.78 is 18.9. The second-order valence-electron chi connectivity index (χ2n) is 5.76. The third kappa shape index (κ3) is 3.51. The van der Waals surface area contributed by atoms with Crippen LogP contribution in [0, 0.1) is 5.82 Å². The summed E-state index contributed by atoms with van der Waals surface area (Å²) in [5, 5.41) is 0. The van der Waals surface area contributed by atoms with Crippen LogP contribution in [0.1, 0.15) is 31.9 Å². The first-order valence-electron chi connectivity index (χ1n) is 6.53. The van der Waals surface area contributed by atoms with Crippen LogP contribution in [-0.2, 0) is 11.3 Å². The number of rotatable bonds is 3. The van der Waals surface area contributed by atoms with Crippen molar-refractivity contribution in [3.8, 4) is 11.5 Å². The lowest BCUT2D eigenvalue weighted by Crippen LogP contribution is -2.10. The lowest BCUT2D eigenvalue weighted by Gasteiger charge is -2.19. The van der Waals surface area contributed by atoms with Crippen molar-refractivity contribution < 1.29 is 9.13 Å². The van der Waals surface area contributed by atoms with Crippen molar-refractivity contribution in [3.05, 3.63) is 59.4 Å². The van der Waals surface area contributed by atoms with Crippen LogP contribution in [0.5, 0.6) is 11.5 Å². The monoisotopic (exact) mass is 292 g/mol. The third-order valence-corrected chi connectivity index (χ3v) is 3.40. The average molecular weight is 293 g/mol. The van der Waals surface area contributed by atoms with Crippen molar-refractivity contribution in [1.29, 1.82) is 0 Å². The van der Waals surface area contributed by atoms with E-state index in [1.54, 1.807) is 6.07 Å². The van der Waals surface area contributed by atoms with E-state index in [-0.39, 0.29) is 17.1 Å². The molecule has 0 radical (unpaired) electrons. The lowest BCUT2D eigenvalue weighted by molar-refractivity contribution is 0.475. The number of ether oxygens (including phenoxy) is 1. The molecule has 0 amide bonds. The molecule has 0 bridgehead atoms. The van der Waals surface area contributed by atoms with Crippen molar-refractivity contribution in [1.82, 2.24) is 0 Å². The molecule has 0 heterocycles. The van der Waals surface area contributed by atoms with E-state index >= 15 is 0 Å². The summed E-state index contributed by atoms with van der Waals surface area (Å²) in [6.07, 6.45) is 0. The van der Waals surface area contributed by atoms with Crippen molar-refractivity contribution in [2.45, 2.75) is 32.1 Å².